The van der Waals surface area contributed by atoms with Crippen molar-refractivity contribution in [2.75, 3.05) is 32.1 Å². The van der Waals surface area contributed by atoms with Crippen LogP contribution in [0.3, 0.4) is 0 Å². The van der Waals surface area contributed by atoms with Gasteiger partial charge in [0, 0.05) is 30.4 Å². The quantitative estimate of drug-likeness (QED) is 0.0126. The first-order chi connectivity index (χ1) is 32.4. The molecule has 0 aliphatic heterocycles. The van der Waals surface area contributed by atoms with E-state index in [0.29, 0.717) is 6.42 Å². The van der Waals surface area contributed by atoms with Gasteiger partial charge in [-0.3, -0.25) is 23.4 Å². The number of ether oxygens (including phenoxy) is 2. The Balaban J connectivity index is 4.84. The number of rotatable bonds is 48. The van der Waals surface area contributed by atoms with Crippen molar-refractivity contribution in [1.29, 1.82) is 0 Å². The molecule has 0 aromatic rings. The molecule has 0 bridgehead atoms. The molecule has 0 amide bonds. The molecule has 15 heteroatoms. The van der Waals surface area contributed by atoms with Crippen LogP contribution in [0, 0.1) is 0 Å². The van der Waals surface area contributed by atoms with Gasteiger partial charge >= 0.3 is 25.7 Å². The number of nitrogens with two attached hydrogens (primary N) is 2. The predicted molar refractivity (Wildman–Crippen MR) is 276 cm³/mol. The zero-order chi connectivity index (χ0) is 49.5. The number of esters is 2. The molecule has 0 spiro atoms. The summed E-state index contributed by atoms with van der Waals surface area (Å²) in [6.07, 6.45) is 47.2. The Kier molecular flexibility index (Phi) is 45.3. The van der Waals surface area contributed by atoms with Crippen LogP contribution in [0.15, 0.2) is 60.8 Å². The Bertz CT molecular complexity index is 1410. The van der Waals surface area contributed by atoms with Crippen LogP contribution in [0.2, 0.25) is 0 Å². The standard InChI is InChI=1S/C52H93N2O11PS/c1-3-5-7-9-11-13-15-17-18-19-20-21-22-23-24-25-27-29-31-33-35-40-51(58)62-43-46(44-64-66(60,61)63-42-41-53)65-52(59)47(54)45-67-49(48(55)37-36-39-50(56)57)38-34-32-30-28-26-16-14-12-10-8-6-4-2/h12,14,17-18,26,28,30,32,34,38,46-49,55H,3-11,13,15-16,19-25,27,29,31,33,35-37,39-45,53-54H2,1-2H3,(H,56,57)(H,60,61)/b14-12-,18-17-,28-26-,32-30+,38-34+/t46-,47+,48+,49-/m1/s1. The molecule has 7 N–H and O–H groups in total. The first kappa shape index (κ1) is 64.5. The van der Waals surface area contributed by atoms with Gasteiger partial charge in [0.05, 0.1) is 19.3 Å². The number of allylic oxidation sites excluding steroid dienone is 9. The average Bonchev–Trinajstić information content (AvgIpc) is 3.30. The molecule has 13 nitrogen and oxygen atoms in total. The molecule has 0 heterocycles. The van der Waals surface area contributed by atoms with Crippen LogP contribution in [-0.4, -0.2) is 88.6 Å². The molecule has 0 fully saturated rings. The second-order valence-electron chi connectivity index (χ2n) is 17.2. The second kappa shape index (κ2) is 47.1. The molecule has 67 heavy (non-hydrogen) atoms. The first-order valence-corrected chi connectivity index (χ1v) is 28.2. The normalized spacial score (nSPS) is 15.0. The number of carbonyl (C=O) groups is 3. The van der Waals surface area contributed by atoms with E-state index in [0.717, 1.165) is 32.1 Å². The largest absolute Gasteiger partial charge is 0.481 e. The molecule has 0 saturated carbocycles. The Morgan fingerprint density at radius 3 is 1.79 bits per heavy atom. The van der Waals surface area contributed by atoms with Crippen molar-refractivity contribution in [3.8, 4) is 0 Å². The summed E-state index contributed by atoms with van der Waals surface area (Å²) < 4.78 is 33.0. The lowest BCUT2D eigenvalue weighted by atomic mass is 10.0. The maximum atomic E-state index is 13.2. The fourth-order valence-electron chi connectivity index (χ4n) is 6.88. The highest BCUT2D eigenvalue weighted by molar-refractivity contribution is 8.00. The summed E-state index contributed by atoms with van der Waals surface area (Å²) in [6.45, 7) is 3.13. The minimum atomic E-state index is -4.54. The van der Waals surface area contributed by atoms with E-state index in [4.69, 9.17) is 35.1 Å². The van der Waals surface area contributed by atoms with Crippen LogP contribution in [-0.2, 0) is 37.5 Å². The highest BCUT2D eigenvalue weighted by atomic mass is 32.2. The lowest BCUT2D eigenvalue weighted by molar-refractivity contribution is -0.161. The molecule has 0 aromatic carbocycles. The lowest BCUT2D eigenvalue weighted by Gasteiger charge is -2.23. The topological polar surface area (TPSA) is 218 Å². The van der Waals surface area contributed by atoms with Gasteiger partial charge in [-0.25, -0.2) is 4.57 Å². The number of phosphoric ester groups is 1. The fourth-order valence-corrected chi connectivity index (χ4v) is 8.77. The first-order valence-electron chi connectivity index (χ1n) is 25.7. The van der Waals surface area contributed by atoms with Crippen molar-refractivity contribution >= 4 is 37.5 Å². The van der Waals surface area contributed by atoms with Gasteiger partial charge < -0.3 is 36.0 Å². The Hall–Kier alpha value is -2.55. The summed E-state index contributed by atoms with van der Waals surface area (Å²) >= 11 is 1.20. The van der Waals surface area contributed by atoms with Crippen LogP contribution in [0.25, 0.3) is 0 Å². The van der Waals surface area contributed by atoms with Crippen LogP contribution >= 0.6 is 19.6 Å². The number of unbranched alkanes of at least 4 members (excludes halogenated alkanes) is 20. The minimum Gasteiger partial charge on any atom is -0.481 e. The van der Waals surface area contributed by atoms with E-state index >= 15 is 0 Å². The maximum Gasteiger partial charge on any atom is 0.472 e. The molecular weight excluding hydrogens is 892 g/mol. The van der Waals surface area contributed by atoms with Crippen molar-refractivity contribution < 1.29 is 52.6 Å². The van der Waals surface area contributed by atoms with Crippen molar-refractivity contribution in [2.24, 2.45) is 11.5 Å². The molecule has 0 saturated heterocycles. The monoisotopic (exact) mass is 985 g/mol. The van der Waals surface area contributed by atoms with Crippen LogP contribution in [0.5, 0.6) is 0 Å². The number of hydrogen-bond donors (Lipinski definition) is 5. The molecule has 0 aliphatic rings. The van der Waals surface area contributed by atoms with Gasteiger partial charge in [-0.05, 0) is 64.2 Å². The molecule has 0 aromatic heterocycles. The zero-order valence-electron chi connectivity index (χ0n) is 41.5. The summed E-state index contributed by atoms with van der Waals surface area (Å²) in [5.74, 6) is -2.31. The number of thioether (sulfide) groups is 1. The van der Waals surface area contributed by atoms with Gasteiger partial charge in [0.1, 0.15) is 12.6 Å². The van der Waals surface area contributed by atoms with Crippen molar-refractivity contribution in [3.63, 3.8) is 0 Å². The number of carboxylic acid groups (broad SMARTS) is 1. The summed E-state index contributed by atoms with van der Waals surface area (Å²) in [7, 11) is -4.54. The highest BCUT2D eigenvalue weighted by Gasteiger charge is 2.28. The van der Waals surface area contributed by atoms with Crippen molar-refractivity contribution in [1.82, 2.24) is 0 Å². The third-order valence-electron chi connectivity index (χ3n) is 10.9. The van der Waals surface area contributed by atoms with Crippen molar-refractivity contribution in [2.45, 2.75) is 217 Å². The SMILES string of the molecule is CCCCC/C=C\C\C=C/C=C/C=C/[C@@H](SC[C@H](N)C(=O)O[C@H](COC(=O)CCCCCCCCCCCCC/C=C\CCCCCCCC)COP(=O)(O)OCCN)[C@@H](O)CCCC(=O)O. The molecule has 1 unspecified atom stereocenters. The Morgan fingerprint density at radius 2 is 1.19 bits per heavy atom. The minimum absolute atomic E-state index is 0.0149. The Labute approximate surface area is 410 Å². The van der Waals surface area contributed by atoms with E-state index in [1.807, 2.05) is 24.3 Å². The van der Waals surface area contributed by atoms with Gasteiger partial charge in [-0.2, -0.15) is 0 Å². The third kappa shape index (κ3) is 44.4. The summed E-state index contributed by atoms with van der Waals surface area (Å²) in [5.41, 5.74) is 11.6. The van der Waals surface area contributed by atoms with E-state index in [2.05, 4.69) is 38.2 Å². The summed E-state index contributed by atoms with van der Waals surface area (Å²) in [6, 6.07) is -1.19. The number of aliphatic hydroxyl groups excluding tert-OH is 1. The van der Waals surface area contributed by atoms with Gasteiger partial charge in [0.2, 0.25) is 0 Å². The van der Waals surface area contributed by atoms with Gasteiger partial charge in [0.25, 0.3) is 0 Å². The molecule has 0 aliphatic carbocycles. The molecule has 5 atom stereocenters. The van der Waals surface area contributed by atoms with Crippen LogP contribution in [0.4, 0.5) is 0 Å². The summed E-state index contributed by atoms with van der Waals surface area (Å²) in [5, 5.41) is 19.5. The highest BCUT2D eigenvalue weighted by Crippen LogP contribution is 2.43. The number of hydrogen-bond acceptors (Lipinski definition) is 12. The van der Waals surface area contributed by atoms with Gasteiger partial charge in [0.15, 0.2) is 6.10 Å². The van der Waals surface area contributed by atoms with E-state index in [1.54, 1.807) is 12.2 Å². The van der Waals surface area contributed by atoms with Gasteiger partial charge in [-0.1, -0.05) is 177 Å². The number of aliphatic carboxylic acids is 1. The van der Waals surface area contributed by atoms with E-state index < -0.39 is 62.4 Å². The number of carboxylic acids is 1. The van der Waals surface area contributed by atoms with Crippen LogP contribution < -0.4 is 11.5 Å². The van der Waals surface area contributed by atoms with Crippen molar-refractivity contribution in [3.05, 3.63) is 60.8 Å². The predicted octanol–water partition coefficient (Wildman–Crippen LogP) is 12.2. The van der Waals surface area contributed by atoms with E-state index in [9.17, 15) is 28.9 Å². The number of carbonyl (C=O) groups excluding carboxylic acids is 2. The van der Waals surface area contributed by atoms with E-state index in [1.165, 1.54) is 127 Å². The van der Waals surface area contributed by atoms with Crippen LogP contribution in [0.1, 0.15) is 194 Å². The molecule has 0 rings (SSSR count). The molecule has 388 valence electrons. The van der Waals surface area contributed by atoms with E-state index in [-0.39, 0.29) is 44.6 Å². The smallest absolute Gasteiger partial charge is 0.472 e. The molecule has 0 radical (unpaired) electrons. The summed E-state index contributed by atoms with van der Waals surface area (Å²) in [4.78, 5) is 46.9. The fraction of sp³-hybridized carbons (Fsp3) is 0.750. The third-order valence-corrected chi connectivity index (χ3v) is 13.3. The lowest BCUT2D eigenvalue weighted by Crippen LogP contribution is -2.40. The number of aliphatic hydroxyl groups is 1. The Morgan fingerprint density at radius 1 is 0.657 bits per heavy atom. The maximum absolute atomic E-state index is 13.2. The van der Waals surface area contributed by atoms with Gasteiger partial charge in [-0.15, -0.1) is 11.8 Å². The zero-order valence-corrected chi connectivity index (χ0v) is 43.2. The average molecular weight is 985 g/mol. The number of phosphoric acid groups is 1. The molecular formula is C52H93N2O11PS. The second-order valence-corrected chi connectivity index (χ2v) is 19.9.